The van der Waals surface area contributed by atoms with Crippen LogP contribution in [0.4, 0.5) is 0 Å². The molecule has 0 unspecified atom stereocenters. The topological polar surface area (TPSA) is 0 Å². The first-order valence-corrected chi connectivity index (χ1v) is 30.6. The summed E-state index contributed by atoms with van der Waals surface area (Å²) in [6, 6.07) is 9.03. The molecule has 0 fully saturated rings. The Morgan fingerprint density at radius 3 is 0.833 bits per heavy atom. The Morgan fingerprint density at radius 1 is 0.417 bits per heavy atom. The van der Waals surface area contributed by atoms with Crippen molar-refractivity contribution in [2.45, 2.75) is 145 Å². The molecule has 0 aliphatic heterocycles. The molecular weight excluding hydrogens is 646 g/mol. The minimum absolute atomic E-state index is 1.21. The van der Waals surface area contributed by atoms with Crippen LogP contribution in [-0.4, -0.2) is 36.8 Å². The predicted octanol–water partition coefficient (Wildman–Crippen LogP) is 11.2. The van der Waals surface area contributed by atoms with E-state index >= 15 is 0 Å². The van der Waals surface area contributed by atoms with Crippen LogP contribution >= 0.6 is 0 Å². The van der Waals surface area contributed by atoms with E-state index in [9.17, 15) is 0 Å². The molecule has 202 valence electrons. The number of hydrogen-bond acceptors (Lipinski definition) is 0. The van der Waals surface area contributed by atoms with Crippen molar-refractivity contribution in [1.82, 2.24) is 0 Å². The molecule has 0 spiro atoms. The van der Waals surface area contributed by atoms with E-state index in [-0.39, 0.29) is 0 Å². The average molecular weight is 704 g/mol. The molecule has 0 nitrogen and oxygen atoms in total. The summed E-state index contributed by atoms with van der Waals surface area (Å²) in [6.07, 6.45) is 16.2. The summed E-state index contributed by atoms with van der Waals surface area (Å²) in [5.74, 6) is 7.41. The monoisotopic (exact) mass is 706 g/mol. The predicted molar refractivity (Wildman–Crippen MR) is 170 cm³/mol. The Bertz CT molecular complexity index is 687. The fourth-order valence-electron chi connectivity index (χ4n) is 5.26. The van der Waals surface area contributed by atoms with Gasteiger partial charge in [0, 0.05) is 0 Å². The third-order valence-corrected chi connectivity index (χ3v) is 34.1. The van der Waals surface area contributed by atoms with Gasteiger partial charge in [0.05, 0.1) is 0 Å². The average Bonchev–Trinajstić information content (AvgIpc) is 2.92. The van der Waals surface area contributed by atoms with Gasteiger partial charge >= 0.3 is 237 Å². The second kappa shape index (κ2) is 20.8. The fraction of sp³-hybridized carbons (Fsp3) is 0.706. The van der Waals surface area contributed by atoms with E-state index in [1.165, 1.54) is 115 Å². The molecule has 0 atom stereocenters. The molecule has 0 heterocycles. The Labute approximate surface area is 235 Å². The quantitative estimate of drug-likeness (QED) is 0.105. The molecule has 0 bridgehead atoms. The molecule has 0 N–H and O–H groups in total. The molecule has 0 saturated carbocycles. The summed E-state index contributed by atoms with van der Waals surface area (Å²) in [6.45, 7) is 14.1. The molecule has 1 aromatic carbocycles. The van der Waals surface area contributed by atoms with Crippen molar-refractivity contribution >= 4 is 36.8 Å². The van der Waals surface area contributed by atoms with Crippen LogP contribution in [0.5, 0.6) is 0 Å². The minimum atomic E-state index is -2.39. The first-order valence-electron chi connectivity index (χ1n) is 15.7. The van der Waals surface area contributed by atoms with E-state index in [0.29, 0.717) is 0 Å². The van der Waals surface area contributed by atoms with Gasteiger partial charge in [0.25, 0.3) is 0 Å². The van der Waals surface area contributed by atoms with Crippen molar-refractivity contribution in [3.63, 3.8) is 0 Å². The van der Waals surface area contributed by atoms with Crippen molar-refractivity contribution in [3.05, 3.63) is 35.4 Å². The van der Waals surface area contributed by atoms with Crippen molar-refractivity contribution in [2.75, 3.05) is 0 Å². The van der Waals surface area contributed by atoms with E-state index in [1.807, 2.05) is 0 Å². The second-order valence-electron chi connectivity index (χ2n) is 11.3. The van der Waals surface area contributed by atoms with Crippen LogP contribution in [-0.2, 0) is 0 Å². The summed E-state index contributed by atoms with van der Waals surface area (Å²) < 4.78 is 16.8. The van der Waals surface area contributed by atoms with Crippen LogP contribution in [0.15, 0.2) is 24.3 Å². The number of rotatable bonds is 18. The third-order valence-electron chi connectivity index (χ3n) is 7.88. The van der Waals surface area contributed by atoms with Crippen LogP contribution in [0.3, 0.4) is 0 Å². The SMILES string of the molecule is CCC[CH2][Sn]([C]#Cc1ccc(C#[C][Sn]([CH2]CCC)([CH2]CCC)[CH2]CCC)cc1)([CH2]CCC)[CH2]CCC. The zero-order valence-electron chi connectivity index (χ0n) is 25.0. The second-order valence-corrected chi connectivity index (χ2v) is 35.9. The van der Waals surface area contributed by atoms with Gasteiger partial charge in [-0.2, -0.15) is 0 Å². The summed E-state index contributed by atoms with van der Waals surface area (Å²) in [5.41, 5.74) is 2.42. The summed E-state index contributed by atoms with van der Waals surface area (Å²) in [5, 5.41) is 0. The molecule has 0 aromatic heterocycles. The van der Waals surface area contributed by atoms with E-state index < -0.39 is 36.8 Å². The van der Waals surface area contributed by atoms with Gasteiger partial charge in [-0.3, -0.25) is 0 Å². The van der Waals surface area contributed by atoms with Gasteiger partial charge in [0.2, 0.25) is 0 Å². The van der Waals surface area contributed by atoms with Gasteiger partial charge < -0.3 is 0 Å². The zero-order valence-corrected chi connectivity index (χ0v) is 30.7. The number of unbranched alkanes of at least 4 members (excludes halogenated alkanes) is 6. The standard InChI is InChI=1S/C10H4.6C4H9.2Sn/c1-3-9-5-7-10(4-2)8-6-9;6*1-3-4-2;;/h5-8H;6*1,3-4H2,2H3;;. The molecule has 0 aliphatic rings. The van der Waals surface area contributed by atoms with E-state index in [1.54, 1.807) is 0 Å². The van der Waals surface area contributed by atoms with Gasteiger partial charge in [0.15, 0.2) is 0 Å². The maximum atomic E-state index is 4.03. The van der Waals surface area contributed by atoms with Crippen molar-refractivity contribution in [2.24, 2.45) is 0 Å². The van der Waals surface area contributed by atoms with Crippen LogP contribution in [0.25, 0.3) is 0 Å². The molecule has 0 radical (unpaired) electrons. The van der Waals surface area contributed by atoms with Crippen LogP contribution in [0.1, 0.15) is 130 Å². The van der Waals surface area contributed by atoms with Gasteiger partial charge in [-0.25, -0.2) is 0 Å². The Morgan fingerprint density at radius 2 is 0.639 bits per heavy atom. The number of benzene rings is 1. The molecule has 2 heteroatoms. The summed E-state index contributed by atoms with van der Waals surface area (Å²) in [7, 11) is 0. The van der Waals surface area contributed by atoms with Gasteiger partial charge in [-0.05, 0) is 0 Å². The Kier molecular flexibility index (Phi) is 19.7. The van der Waals surface area contributed by atoms with Crippen LogP contribution in [0, 0.1) is 19.7 Å². The van der Waals surface area contributed by atoms with Crippen molar-refractivity contribution in [3.8, 4) is 19.7 Å². The Hall–Kier alpha value is -0.0626. The van der Waals surface area contributed by atoms with Gasteiger partial charge in [-0.15, -0.1) is 0 Å². The zero-order chi connectivity index (χ0) is 26.5. The van der Waals surface area contributed by atoms with Crippen LogP contribution in [0.2, 0.25) is 26.6 Å². The van der Waals surface area contributed by atoms with E-state index in [2.05, 4.69) is 85.5 Å². The van der Waals surface area contributed by atoms with E-state index in [4.69, 9.17) is 0 Å². The molecule has 1 rings (SSSR count). The summed E-state index contributed by atoms with van der Waals surface area (Å²) >= 11 is -4.78. The van der Waals surface area contributed by atoms with Crippen molar-refractivity contribution in [1.29, 1.82) is 0 Å². The first-order chi connectivity index (χ1) is 17.5. The van der Waals surface area contributed by atoms with Gasteiger partial charge in [-0.1, -0.05) is 0 Å². The molecule has 0 amide bonds. The maximum absolute atomic E-state index is 4.03. The van der Waals surface area contributed by atoms with E-state index in [0.717, 1.165) is 0 Å². The molecule has 0 aliphatic carbocycles. The summed E-state index contributed by atoms with van der Waals surface area (Å²) in [4.78, 5) is 0. The number of hydrogen-bond donors (Lipinski definition) is 0. The first kappa shape index (κ1) is 34.0. The Balaban J connectivity index is 3.15. The molecule has 36 heavy (non-hydrogen) atoms. The third kappa shape index (κ3) is 13.6. The van der Waals surface area contributed by atoms with Gasteiger partial charge in [0.1, 0.15) is 0 Å². The van der Waals surface area contributed by atoms with Crippen LogP contribution < -0.4 is 0 Å². The molecule has 0 saturated heterocycles. The normalized spacial score (nSPS) is 11.5. The fourth-order valence-corrected chi connectivity index (χ4v) is 31.7. The molecule has 1 aromatic rings. The van der Waals surface area contributed by atoms with Crippen molar-refractivity contribution < 1.29 is 0 Å². The molecular formula is C34H58Sn2.